The largest absolute Gasteiger partial charge is 1.00 e. The fourth-order valence-corrected chi connectivity index (χ4v) is 8.61. The van der Waals surface area contributed by atoms with Crippen LogP contribution in [0.5, 0.6) is 0 Å². The number of ketones is 1. The van der Waals surface area contributed by atoms with Crippen LogP contribution in [0.2, 0.25) is 0 Å². The molecule has 0 radical (unpaired) electrons. The van der Waals surface area contributed by atoms with Gasteiger partial charge in [-0.1, -0.05) is 24.3 Å². The minimum Gasteiger partial charge on any atom is -0.870 e. The number of carbonyl (C=O) groups excluding carboxylic acids is 5. The van der Waals surface area contributed by atoms with Gasteiger partial charge in [0.2, 0.25) is 0 Å². The number of carboxylic acids is 1. The molecule has 2 atom stereocenters. The van der Waals surface area contributed by atoms with Crippen molar-refractivity contribution in [2.24, 2.45) is 0 Å². The maximum Gasteiger partial charge on any atom is 1.00 e. The van der Waals surface area contributed by atoms with Gasteiger partial charge in [0.05, 0.1) is 12.1 Å². The zero-order valence-corrected chi connectivity index (χ0v) is 44.4. The van der Waals surface area contributed by atoms with Crippen molar-refractivity contribution in [1.29, 1.82) is 0 Å². The van der Waals surface area contributed by atoms with Crippen molar-refractivity contribution in [2.45, 2.75) is 111 Å². The van der Waals surface area contributed by atoms with Crippen molar-refractivity contribution in [3.8, 4) is 22.5 Å². The number of benzene rings is 2. The van der Waals surface area contributed by atoms with Gasteiger partial charge in [0.1, 0.15) is 39.9 Å². The summed E-state index contributed by atoms with van der Waals surface area (Å²) in [5.74, 6) is 12.0. The number of nitrogens with one attached hydrogen (secondary N) is 2. The molecule has 8 rings (SSSR count). The van der Waals surface area contributed by atoms with Gasteiger partial charge in [-0.3, -0.25) is 24.2 Å². The van der Waals surface area contributed by atoms with Gasteiger partial charge in [0, 0.05) is 54.7 Å². The summed E-state index contributed by atoms with van der Waals surface area (Å²) in [7, 11) is 0. The predicted molar refractivity (Wildman–Crippen MR) is 278 cm³/mol. The number of aryl methyl sites for hydroxylation is 2. The maximum absolute atomic E-state index is 12.8. The molecule has 396 valence electrons. The van der Waals surface area contributed by atoms with Crippen molar-refractivity contribution in [3.63, 3.8) is 0 Å². The van der Waals surface area contributed by atoms with Crippen molar-refractivity contribution >= 4 is 47.4 Å². The Balaban J connectivity index is 0.000000274. The number of carbonyl (C=O) groups is 6. The van der Waals surface area contributed by atoms with E-state index in [1.807, 2.05) is 46.8 Å². The van der Waals surface area contributed by atoms with E-state index in [0.29, 0.717) is 77.8 Å². The molecule has 0 spiro atoms. The van der Waals surface area contributed by atoms with E-state index in [1.54, 1.807) is 98.7 Å². The Bertz CT molecular complexity index is 2900. The Morgan fingerprint density at radius 2 is 0.987 bits per heavy atom. The average Bonchev–Trinajstić information content (AvgIpc) is 4.14. The van der Waals surface area contributed by atoms with E-state index in [-0.39, 0.29) is 64.8 Å². The number of nitrogens with zero attached hydrogens (tertiary/aromatic N) is 8. The third-order valence-electron chi connectivity index (χ3n) is 11.9. The van der Waals surface area contributed by atoms with Gasteiger partial charge in [0.25, 0.3) is 11.8 Å². The van der Waals surface area contributed by atoms with Crippen LogP contribution in [-0.4, -0.2) is 110 Å². The number of carboxylic acid groups (broad SMARTS) is 1. The van der Waals surface area contributed by atoms with Gasteiger partial charge in [-0.2, -0.15) is 0 Å². The quantitative estimate of drug-likeness (QED) is 0.0659. The Labute approximate surface area is 452 Å². The molecule has 2 aliphatic rings. The minimum absolute atomic E-state index is 0. The number of hydrogen-bond acceptors (Lipinski definition) is 15. The SMILES string of the molecule is CC(=O)c1c(-c2ccc(C(=O)Nc3cc(C)ccn3)cc2)nc([C@@H]2CCCN2C(=O)OC(C)(C)C)n1N.Cc1ccnc(NC(=O)c2ccc(-c3nc([C@@H]4CCCN4C(=O)OC(C)(C)C)n(N)c3C(=O)O)cc2)c1.[Li+].[OH-]. The number of Topliss-reactive ketones (excluding diaryl/α,β-unsaturated/α-hetero) is 1. The molecular formula is C53H63LiN12O10. The number of likely N-dealkylation sites (tertiary alicyclic amines) is 2. The number of nitrogens with two attached hydrogens (primary N) is 2. The first-order valence-corrected chi connectivity index (χ1v) is 24.1. The third-order valence-corrected chi connectivity index (χ3v) is 11.9. The maximum atomic E-state index is 12.8. The summed E-state index contributed by atoms with van der Waals surface area (Å²) in [6.45, 7) is 17.0. The van der Waals surface area contributed by atoms with Crippen LogP contribution in [0.1, 0.15) is 151 Å². The second-order valence-electron chi connectivity index (χ2n) is 20.1. The van der Waals surface area contributed by atoms with E-state index in [9.17, 15) is 33.9 Å². The van der Waals surface area contributed by atoms with Gasteiger partial charge in [0.15, 0.2) is 23.1 Å². The summed E-state index contributed by atoms with van der Waals surface area (Å²) in [5.41, 5.74) is 3.07. The zero-order valence-electron chi connectivity index (χ0n) is 44.4. The Kier molecular flexibility index (Phi) is 18.6. The standard InChI is InChI=1S/C27H32N6O4.C26H30N6O5.Li.H2O/c1-16-12-13-29-21(15-16)30-25(35)19-10-8-18(9-11-19)22-23(17(2)34)33(28)24(31-22)20-7-6-14-32(20)26(36)37-27(3,4)5;1-15-11-12-28-19(14-15)29-23(33)17-9-7-16(8-10-17)20-21(24(34)35)32(27)22(30-20)18-6-5-13-31(18)25(36)37-26(2,3)4;;/h8-13,15,20H,6-7,14,28H2,1-5H3,(H,29,30,35);7-12,14,18H,5-6,13,27H2,1-4H3,(H,34,35)(H,28,29,33);;1H2/q;;+1;/p-1/t20-;18-;;/m00../s1. The van der Waals surface area contributed by atoms with Crippen molar-refractivity contribution in [1.82, 2.24) is 39.1 Å². The molecule has 22 nitrogen and oxygen atoms in total. The summed E-state index contributed by atoms with van der Waals surface area (Å²) < 4.78 is 13.4. The molecular weight excluding hydrogens is 972 g/mol. The molecule has 2 saturated heterocycles. The predicted octanol–water partition coefficient (Wildman–Crippen LogP) is 5.31. The van der Waals surface area contributed by atoms with Crippen LogP contribution < -0.4 is 41.2 Å². The number of rotatable bonds is 10. The molecule has 76 heavy (non-hydrogen) atoms. The number of aromatic nitrogens is 6. The number of nitrogen functional groups attached to an aromatic ring is 2. The molecule has 8 N–H and O–H groups in total. The smallest absolute Gasteiger partial charge is 0.870 e. The van der Waals surface area contributed by atoms with Crippen LogP contribution in [0.25, 0.3) is 22.5 Å². The monoisotopic (exact) mass is 1030 g/mol. The molecule has 6 aromatic rings. The third kappa shape index (κ3) is 13.8. The fraction of sp³-hybridized carbons (Fsp3) is 0.358. The van der Waals surface area contributed by atoms with Gasteiger partial charge in [-0.15, -0.1) is 0 Å². The van der Waals surface area contributed by atoms with Gasteiger partial charge >= 0.3 is 37.0 Å². The second kappa shape index (κ2) is 24.1. The summed E-state index contributed by atoms with van der Waals surface area (Å²) in [4.78, 5) is 96.3. The molecule has 0 saturated carbocycles. The molecule has 2 aromatic carbocycles. The molecule has 4 aromatic heterocycles. The number of aromatic carboxylic acids is 1. The van der Waals surface area contributed by atoms with Gasteiger partial charge in [-0.05, 0) is 141 Å². The average molecular weight is 1040 g/mol. The van der Waals surface area contributed by atoms with Crippen LogP contribution in [0.3, 0.4) is 0 Å². The molecule has 23 heteroatoms. The van der Waals surface area contributed by atoms with Crippen LogP contribution in [-0.2, 0) is 9.47 Å². The Morgan fingerprint density at radius 3 is 1.33 bits per heavy atom. The van der Waals surface area contributed by atoms with Crippen LogP contribution in [0, 0.1) is 13.8 Å². The van der Waals surface area contributed by atoms with E-state index in [1.165, 1.54) is 16.5 Å². The first kappa shape index (κ1) is 58.8. The van der Waals surface area contributed by atoms with Gasteiger partial charge in [-0.25, -0.2) is 43.7 Å². The molecule has 2 fully saturated rings. The molecule has 0 bridgehead atoms. The molecule has 4 amide bonds. The second-order valence-corrected chi connectivity index (χ2v) is 20.1. The normalized spacial score (nSPS) is 15.1. The molecule has 0 unspecified atom stereocenters. The minimum atomic E-state index is -1.26. The topological polar surface area (TPSA) is 315 Å². The van der Waals surface area contributed by atoms with Crippen LogP contribution in [0.4, 0.5) is 21.2 Å². The van der Waals surface area contributed by atoms with E-state index in [2.05, 4.69) is 25.6 Å². The van der Waals surface area contributed by atoms with E-state index >= 15 is 0 Å². The van der Waals surface area contributed by atoms with E-state index < -0.39 is 41.4 Å². The van der Waals surface area contributed by atoms with Crippen molar-refractivity contribution < 1.29 is 67.7 Å². The van der Waals surface area contributed by atoms with Crippen LogP contribution >= 0.6 is 0 Å². The summed E-state index contributed by atoms with van der Waals surface area (Å²) in [6, 6.07) is 19.4. The summed E-state index contributed by atoms with van der Waals surface area (Å²) in [6.07, 6.45) is 4.98. The number of pyridine rings is 2. The summed E-state index contributed by atoms with van der Waals surface area (Å²) in [5, 5.41) is 15.4. The number of amides is 4. The number of hydrogen-bond donors (Lipinski definition) is 5. The van der Waals surface area contributed by atoms with Crippen molar-refractivity contribution in [3.05, 3.63) is 130 Å². The number of imidazole rings is 2. The van der Waals surface area contributed by atoms with Crippen LogP contribution in [0.15, 0.2) is 85.2 Å². The fourth-order valence-electron chi connectivity index (χ4n) is 8.61. The number of ether oxygens (including phenoxy) is 2. The van der Waals surface area contributed by atoms with Crippen molar-refractivity contribution in [2.75, 3.05) is 35.4 Å². The summed E-state index contributed by atoms with van der Waals surface area (Å²) >= 11 is 0. The van der Waals surface area contributed by atoms with E-state index in [0.717, 1.165) is 22.2 Å². The zero-order chi connectivity index (χ0) is 53.8. The molecule has 2 aliphatic heterocycles. The van der Waals surface area contributed by atoms with E-state index in [4.69, 9.17) is 26.1 Å². The molecule has 6 heterocycles. The Hall–Kier alpha value is -8.06. The first-order valence-electron chi connectivity index (χ1n) is 24.1. The number of anilines is 2. The van der Waals surface area contributed by atoms with Gasteiger partial charge < -0.3 is 42.4 Å². The Morgan fingerprint density at radius 1 is 0.618 bits per heavy atom. The molecule has 0 aliphatic carbocycles. The first-order chi connectivity index (χ1) is 34.9.